The molecule has 0 aromatic heterocycles. The van der Waals surface area contributed by atoms with E-state index < -0.39 is 5.60 Å². The van der Waals surface area contributed by atoms with Crippen LogP contribution in [0.1, 0.15) is 24.0 Å². The van der Waals surface area contributed by atoms with Gasteiger partial charge < -0.3 is 5.11 Å². The van der Waals surface area contributed by atoms with E-state index in [0.29, 0.717) is 5.92 Å². The highest BCUT2D eigenvalue weighted by molar-refractivity contribution is 5.23. The summed E-state index contributed by atoms with van der Waals surface area (Å²) in [7, 11) is 0. The minimum Gasteiger partial charge on any atom is -0.388 e. The summed E-state index contributed by atoms with van der Waals surface area (Å²) in [6, 6.07) is 21.5. The van der Waals surface area contributed by atoms with Crippen LogP contribution in [-0.2, 0) is 13.0 Å². The van der Waals surface area contributed by atoms with Crippen molar-refractivity contribution < 1.29 is 5.11 Å². The van der Waals surface area contributed by atoms with Crippen molar-refractivity contribution >= 4 is 0 Å². The Kier molecular flexibility index (Phi) is 3.51. The summed E-state index contributed by atoms with van der Waals surface area (Å²) in [5.41, 5.74) is 2.21. The zero-order valence-corrected chi connectivity index (χ0v) is 12.9. The Morgan fingerprint density at radius 3 is 2.27 bits per heavy atom. The molecule has 1 heterocycles. The van der Waals surface area contributed by atoms with Crippen molar-refractivity contribution in [3.63, 3.8) is 0 Å². The smallest absolute Gasteiger partial charge is 0.0838 e. The van der Waals surface area contributed by atoms with Gasteiger partial charge in [-0.1, -0.05) is 60.7 Å². The van der Waals surface area contributed by atoms with Crippen LogP contribution in [0.25, 0.3) is 0 Å². The minimum atomic E-state index is -0.455. The van der Waals surface area contributed by atoms with Crippen LogP contribution < -0.4 is 0 Å². The Morgan fingerprint density at radius 1 is 0.955 bits per heavy atom. The maximum atomic E-state index is 11.0. The second-order valence-corrected chi connectivity index (χ2v) is 6.84. The van der Waals surface area contributed by atoms with E-state index >= 15 is 0 Å². The summed E-state index contributed by atoms with van der Waals surface area (Å²) in [5, 5.41) is 11.0. The Balaban J connectivity index is 1.56. The van der Waals surface area contributed by atoms with E-state index in [4.69, 9.17) is 0 Å². The highest BCUT2D eigenvalue weighted by Gasteiger charge is 2.61. The van der Waals surface area contributed by atoms with E-state index in [1.165, 1.54) is 11.1 Å². The summed E-state index contributed by atoms with van der Waals surface area (Å²) >= 11 is 0. The number of fused-ring (bicyclic) bond motifs is 1. The third kappa shape index (κ3) is 2.57. The lowest BCUT2D eigenvalue weighted by Gasteiger charge is -2.39. The molecule has 0 bridgehead atoms. The molecule has 1 aliphatic heterocycles. The molecule has 3 atom stereocenters. The van der Waals surface area contributed by atoms with Crippen LogP contribution in [0.5, 0.6) is 0 Å². The van der Waals surface area contributed by atoms with E-state index in [2.05, 4.69) is 65.6 Å². The van der Waals surface area contributed by atoms with Crippen LogP contribution in [0.15, 0.2) is 60.7 Å². The van der Waals surface area contributed by atoms with Gasteiger partial charge in [0.05, 0.1) is 5.60 Å². The molecule has 22 heavy (non-hydrogen) atoms. The number of rotatable bonds is 4. The molecule has 2 aliphatic rings. The summed E-state index contributed by atoms with van der Waals surface area (Å²) < 4.78 is 0. The Labute approximate surface area is 132 Å². The second kappa shape index (κ2) is 5.53. The van der Waals surface area contributed by atoms with Gasteiger partial charge >= 0.3 is 0 Å². The zero-order valence-electron chi connectivity index (χ0n) is 12.9. The molecule has 1 saturated heterocycles. The molecular weight excluding hydrogens is 270 g/mol. The minimum absolute atomic E-state index is 0.244. The predicted molar refractivity (Wildman–Crippen MR) is 88.5 cm³/mol. The topological polar surface area (TPSA) is 23.5 Å². The molecule has 114 valence electrons. The van der Waals surface area contributed by atoms with Gasteiger partial charge in [-0.15, -0.1) is 0 Å². The summed E-state index contributed by atoms with van der Waals surface area (Å²) in [5.74, 6) is 0.522. The van der Waals surface area contributed by atoms with Crippen LogP contribution in [0.4, 0.5) is 0 Å². The first kappa shape index (κ1) is 14.0. The van der Waals surface area contributed by atoms with Crippen LogP contribution in [-0.4, -0.2) is 28.2 Å². The molecule has 2 nitrogen and oxygen atoms in total. The average Bonchev–Trinajstić information content (AvgIpc) is 3.24. The SMILES string of the molecule is OC12CC1CCN(Cc1ccccc1)C2Cc1ccccc1. The molecule has 2 heteroatoms. The van der Waals surface area contributed by atoms with Crippen molar-refractivity contribution in [1.82, 2.24) is 4.90 Å². The standard InChI is InChI=1S/C20H23NO/c22-20-14-18(20)11-12-21(15-17-9-5-2-6-10-17)19(20)13-16-7-3-1-4-8-16/h1-10,18-19,22H,11-15H2. The van der Waals surface area contributed by atoms with Crippen LogP contribution in [0.2, 0.25) is 0 Å². The van der Waals surface area contributed by atoms with Crippen LogP contribution in [0.3, 0.4) is 0 Å². The lowest BCUT2D eigenvalue weighted by Crippen LogP contribution is -2.50. The van der Waals surface area contributed by atoms with E-state index in [0.717, 1.165) is 32.4 Å². The van der Waals surface area contributed by atoms with Gasteiger partial charge in [0.15, 0.2) is 0 Å². The van der Waals surface area contributed by atoms with Gasteiger partial charge in [-0.2, -0.15) is 0 Å². The lowest BCUT2D eigenvalue weighted by molar-refractivity contribution is -0.0125. The predicted octanol–water partition coefficient (Wildman–Crippen LogP) is 3.25. The molecule has 0 amide bonds. The quantitative estimate of drug-likeness (QED) is 0.935. The monoisotopic (exact) mass is 293 g/mol. The summed E-state index contributed by atoms with van der Waals surface area (Å²) in [6.07, 6.45) is 3.06. The van der Waals surface area contributed by atoms with Crippen molar-refractivity contribution in [3.8, 4) is 0 Å². The molecule has 1 N–H and O–H groups in total. The van der Waals surface area contributed by atoms with E-state index in [9.17, 15) is 5.11 Å². The van der Waals surface area contributed by atoms with Crippen molar-refractivity contribution in [2.75, 3.05) is 6.54 Å². The number of hydrogen-bond acceptors (Lipinski definition) is 2. The number of benzene rings is 2. The first-order valence-corrected chi connectivity index (χ1v) is 8.30. The Bertz CT molecular complexity index is 625. The van der Waals surface area contributed by atoms with E-state index in [1.54, 1.807) is 0 Å². The third-order valence-corrected chi connectivity index (χ3v) is 5.40. The van der Waals surface area contributed by atoms with Crippen LogP contribution in [0, 0.1) is 5.92 Å². The second-order valence-electron chi connectivity index (χ2n) is 6.84. The van der Waals surface area contributed by atoms with E-state index in [-0.39, 0.29) is 6.04 Å². The molecule has 4 rings (SSSR count). The molecular formula is C20H23NO. The average molecular weight is 293 g/mol. The normalized spacial score (nSPS) is 30.8. The third-order valence-electron chi connectivity index (χ3n) is 5.40. The fourth-order valence-corrected chi connectivity index (χ4v) is 4.04. The molecule has 0 radical (unpaired) electrons. The van der Waals surface area contributed by atoms with Gasteiger partial charge in [0.2, 0.25) is 0 Å². The van der Waals surface area contributed by atoms with Crippen molar-refractivity contribution in [3.05, 3.63) is 71.8 Å². The van der Waals surface area contributed by atoms with Gasteiger partial charge in [0, 0.05) is 12.6 Å². The van der Waals surface area contributed by atoms with Gasteiger partial charge in [-0.05, 0) is 42.9 Å². The molecule has 0 spiro atoms. The summed E-state index contributed by atoms with van der Waals surface area (Å²) in [6.45, 7) is 2.03. The van der Waals surface area contributed by atoms with Gasteiger partial charge in [-0.25, -0.2) is 0 Å². The fourth-order valence-electron chi connectivity index (χ4n) is 4.04. The first-order valence-electron chi connectivity index (χ1n) is 8.30. The van der Waals surface area contributed by atoms with Crippen molar-refractivity contribution in [1.29, 1.82) is 0 Å². The fraction of sp³-hybridized carbons (Fsp3) is 0.400. The van der Waals surface area contributed by atoms with Gasteiger partial charge in [0.1, 0.15) is 0 Å². The number of hydrogen-bond donors (Lipinski definition) is 1. The molecule has 2 fully saturated rings. The van der Waals surface area contributed by atoms with Crippen LogP contribution >= 0.6 is 0 Å². The zero-order chi connectivity index (χ0) is 15.0. The summed E-state index contributed by atoms with van der Waals surface area (Å²) in [4.78, 5) is 2.49. The maximum absolute atomic E-state index is 11.0. The maximum Gasteiger partial charge on any atom is 0.0838 e. The highest BCUT2D eigenvalue weighted by Crippen LogP contribution is 2.53. The van der Waals surface area contributed by atoms with Gasteiger partial charge in [0.25, 0.3) is 0 Å². The van der Waals surface area contributed by atoms with Crippen molar-refractivity contribution in [2.45, 2.75) is 37.5 Å². The number of aliphatic hydroxyl groups is 1. The Hall–Kier alpha value is -1.64. The largest absolute Gasteiger partial charge is 0.388 e. The molecule has 1 aliphatic carbocycles. The molecule has 3 unspecified atom stereocenters. The molecule has 2 aromatic rings. The van der Waals surface area contributed by atoms with E-state index in [1.807, 2.05) is 0 Å². The molecule has 2 aromatic carbocycles. The number of nitrogens with zero attached hydrogens (tertiary/aromatic N) is 1. The van der Waals surface area contributed by atoms with Crippen molar-refractivity contribution in [2.24, 2.45) is 5.92 Å². The number of piperidine rings is 1. The first-order chi connectivity index (χ1) is 10.8. The Morgan fingerprint density at radius 2 is 1.59 bits per heavy atom. The highest BCUT2D eigenvalue weighted by atomic mass is 16.3. The molecule has 1 saturated carbocycles. The number of likely N-dealkylation sites (tertiary alicyclic amines) is 1. The lowest BCUT2D eigenvalue weighted by atomic mass is 9.92. The van der Waals surface area contributed by atoms with Gasteiger partial charge in [-0.3, -0.25) is 4.90 Å².